The van der Waals surface area contributed by atoms with E-state index in [2.05, 4.69) is 32.0 Å². The molecule has 0 aliphatic rings. The van der Waals surface area contributed by atoms with Gasteiger partial charge in [0.1, 0.15) is 0 Å². The highest BCUT2D eigenvalue weighted by Crippen LogP contribution is 2.24. The van der Waals surface area contributed by atoms with Crippen LogP contribution in [0.25, 0.3) is 11.4 Å². The van der Waals surface area contributed by atoms with Crippen LogP contribution in [0.15, 0.2) is 28.7 Å². The Hall–Kier alpha value is -0.930. The maximum Gasteiger partial charge on any atom is 0.159 e. The molecule has 2 nitrogen and oxygen atoms in total. The van der Waals surface area contributed by atoms with Gasteiger partial charge < -0.3 is 0 Å². The Balaban J connectivity index is 2.55. The molecule has 0 radical (unpaired) electrons. The summed E-state index contributed by atoms with van der Waals surface area (Å²) in [6.45, 7) is 4.00. The molecule has 0 unspecified atom stereocenters. The second-order valence-corrected chi connectivity index (χ2v) is 5.10. The Bertz CT molecular complexity index is 555. The molecule has 0 fully saturated rings. The third-order valence-electron chi connectivity index (χ3n) is 2.47. The van der Waals surface area contributed by atoms with Crippen LogP contribution >= 0.6 is 27.5 Å². The summed E-state index contributed by atoms with van der Waals surface area (Å²) in [5.74, 6) is 1.15. The molecule has 17 heavy (non-hydrogen) atoms. The van der Waals surface area contributed by atoms with Crippen molar-refractivity contribution < 1.29 is 0 Å². The normalized spacial score (nSPS) is 10.6. The number of rotatable bonds is 2. The number of nitrogens with zero attached hydrogens (tertiary/aromatic N) is 2. The Morgan fingerprint density at radius 3 is 2.59 bits per heavy atom. The van der Waals surface area contributed by atoms with E-state index in [4.69, 9.17) is 11.6 Å². The summed E-state index contributed by atoms with van der Waals surface area (Å²) >= 11 is 9.28. The topological polar surface area (TPSA) is 25.8 Å². The van der Waals surface area contributed by atoms with E-state index in [1.165, 1.54) is 0 Å². The molecule has 1 aromatic heterocycles. The second-order valence-electron chi connectivity index (χ2n) is 3.92. The number of benzene rings is 1. The number of aromatic nitrogens is 2. The van der Waals surface area contributed by atoms with E-state index in [9.17, 15) is 0 Å². The largest absolute Gasteiger partial charge is 0.233 e. The monoisotopic (exact) mass is 310 g/mol. The van der Waals surface area contributed by atoms with E-state index < -0.39 is 0 Å². The summed E-state index contributed by atoms with van der Waals surface area (Å²) in [4.78, 5) is 8.91. The second kappa shape index (κ2) is 5.15. The summed E-state index contributed by atoms with van der Waals surface area (Å²) < 4.78 is 1.06. The zero-order valence-corrected chi connectivity index (χ0v) is 12.0. The minimum Gasteiger partial charge on any atom is -0.233 e. The smallest absolute Gasteiger partial charge is 0.159 e. The average Bonchev–Trinajstić information content (AvgIpc) is 2.28. The molecule has 2 aromatic rings. The van der Waals surface area contributed by atoms with Gasteiger partial charge in [0.15, 0.2) is 5.82 Å². The van der Waals surface area contributed by atoms with Crippen molar-refractivity contribution in [2.45, 2.75) is 19.7 Å². The van der Waals surface area contributed by atoms with Crippen LogP contribution in [0.1, 0.15) is 17.0 Å². The predicted octanol–water partition coefficient (Wildman–Crippen LogP) is 4.26. The van der Waals surface area contributed by atoms with Crippen molar-refractivity contribution in [3.8, 4) is 11.4 Å². The first-order valence-electron chi connectivity index (χ1n) is 5.27. The number of hydrogen-bond donors (Lipinski definition) is 0. The first kappa shape index (κ1) is 12.5. The fraction of sp³-hybridized carbons (Fsp3) is 0.231. The van der Waals surface area contributed by atoms with Gasteiger partial charge in [-0.3, -0.25) is 0 Å². The molecule has 0 aliphatic heterocycles. The first-order chi connectivity index (χ1) is 8.10. The Labute approximate surface area is 114 Å². The average molecular weight is 312 g/mol. The highest BCUT2D eigenvalue weighted by Gasteiger charge is 2.07. The summed E-state index contributed by atoms with van der Waals surface area (Å²) in [6.07, 6.45) is 0. The SMILES string of the molecule is Cc1cc(CCl)nc(-c2ccc(Br)cc2C)n1. The van der Waals surface area contributed by atoms with Gasteiger partial charge in [-0.2, -0.15) is 0 Å². The molecule has 0 bridgehead atoms. The fourth-order valence-corrected chi connectivity index (χ4v) is 2.31. The summed E-state index contributed by atoms with van der Waals surface area (Å²) in [6, 6.07) is 7.98. The minimum absolute atomic E-state index is 0.409. The van der Waals surface area contributed by atoms with Crippen LogP contribution < -0.4 is 0 Å². The minimum atomic E-state index is 0.409. The molecule has 1 heterocycles. The zero-order chi connectivity index (χ0) is 12.4. The van der Waals surface area contributed by atoms with Crippen molar-refractivity contribution in [2.75, 3.05) is 0 Å². The molecule has 2 rings (SSSR count). The molecule has 0 N–H and O–H groups in total. The molecule has 1 aromatic carbocycles. The molecule has 0 aliphatic carbocycles. The van der Waals surface area contributed by atoms with Gasteiger partial charge in [-0.1, -0.05) is 15.9 Å². The Kier molecular flexibility index (Phi) is 3.79. The van der Waals surface area contributed by atoms with Gasteiger partial charge in [0.2, 0.25) is 0 Å². The van der Waals surface area contributed by atoms with E-state index in [0.29, 0.717) is 5.88 Å². The number of alkyl halides is 1. The maximum absolute atomic E-state index is 5.83. The molecule has 0 spiro atoms. The van der Waals surface area contributed by atoms with Crippen molar-refractivity contribution in [3.05, 3.63) is 45.7 Å². The third-order valence-corrected chi connectivity index (χ3v) is 3.24. The third kappa shape index (κ3) is 2.85. The molecule has 0 saturated heterocycles. The lowest BCUT2D eigenvalue weighted by Gasteiger charge is -2.07. The molecular formula is C13H12BrClN2. The maximum atomic E-state index is 5.83. The number of halogens is 2. The van der Waals surface area contributed by atoms with Crippen molar-refractivity contribution >= 4 is 27.5 Å². The van der Waals surface area contributed by atoms with Gasteiger partial charge in [0.05, 0.1) is 11.6 Å². The van der Waals surface area contributed by atoms with Crippen LogP contribution in [0.3, 0.4) is 0 Å². The van der Waals surface area contributed by atoms with Crippen LogP contribution in [0, 0.1) is 13.8 Å². The van der Waals surface area contributed by atoms with E-state index >= 15 is 0 Å². The highest BCUT2D eigenvalue weighted by molar-refractivity contribution is 9.10. The van der Waals surface area contributed by atoms with Crippen LogP contribution in [-0.4, -0.2) is 9.97 Å². The van der Waals surface area contributed by atoms with Gasteiger partial charge in [-0.25, -0.2) is 9.97 Å². The molecule has 88 valence electrons. The lowest BCUT2D eigenvalue weighted by Crippen LogP contribution is -1.97. The lowest BCUT2D eigenvalue weighted by atomic mass is 10.1. The molecule has 0 amide bonds. The predicted molar refractivity (Wildman–Crippen MR) is 74.2 cm³/mol. The highest BCUT2D eigenvalue weighted by atomic mass is 79.9. The standard InChI is InChI=1S/C13H12BrClN2/c1-8-5-10(14)3-4-12(8)13-16-9(2)6-11(7-15)17-13/h3-6H,7H2,1-2H3. The first-order valence-corrected chi connectivity index (χ1v) is 6.60. The number of aryl methyl sites for hydroxylation is 2. The van der Waals surface area contributed by atoms with Gasteiger partial charge >= 0.3 is 0 Å². The summed E-state index contributed by atoms with van der Waals surface area (Å²) in [5, 5.41) is 0. The van der Waals surface area contributed by atoms with Gasteiger partial charge in [-0.15, -0.1) is 11.6 Å². The summed E-state index contributed by atoms with van der Waals surface area (Å²) in [5.41, 5.74) is 3.98. The molecular weight excluding hydrogens is 300 g/mol. The zero-order valence-electron chi connectivity index (χ0n) is 9.67. The van der Waals surface area contributed by atoms with E-state index in [1.54, 1.807) is 0 Å². The van der Waals surface area contributed by atoms with Crippen LogP contribution in [0.2, 0.25) is 0 Å². The van der Waals surface area contributed by atoms with E-state index in [1.807, 2.05) is 32.0 Å². The van der Waals surface area contributed by atoms with Crippen molar-refractivity contribution in [3.63, 3.8) is 0 Å². The van der Waals surface area contributed by atoms with Gasteiger partial charge in [-0.05, 0) is 43.7 Å². The van der Waals surface area contributed by atoms with Gasteiger partial charge in [0.25, 0.3) is 0 Å². The molecule has 4 heteroatoms. The van der Waals surface area contributed by atoms with Crippen LogP contribution in [0.5, 0.6) is 0 Å². The van der Waals surface area contributed by atoms with Crippen molar-refractivity contribution in [1.29, 1.82) is 0 Å². The van der Waals surface area contributed by atoms with Crippen molar-refractivity contribution in [2.24, 2.45) is 0 Å². The lowest BCUT2D eigenvalue weighted by molar-refractivity contribution is 1.05. The fourth-order valence-electron chi connectivity index (χ4n) is 1.70. The van der Waals surface area contributed by atoms with Crippen LogP contribution in [0.4, 0.5) is 0 Å². The molecule has 0 saturated carbocycles. The quantitative estimate of drug-likeness (QED) is 0.774. The Morgan fingerprint density at radius 1 is 1.18 bits per heavy atom. The van der Waals surface area contributed by atoms with Crippen molar-refractivity contribution in [1.82, 2.24) is 9.97 Å². The van der Waals surface area contributed by atoms with E-state index in [0.717, 1.165) is 32.8 Å². The molecule has 0 atom stereocenters. The number of hydrogen-bond acceptors (Lipinski definition) is 2. The van der Waals surface area contributed by atoms with E-state index in [-0.39, 0.29) is 0 Å². The van der Waals surface area contributed by atoms with Gasteiger partial charge in [0, 0.05) is 15.7 Å². The van der Waals surface area contributed by atoms with Crippen LogP contribution in [-0.2, 0) is 5.88 Å². The summed E-state index contributed by atoms with van der Waals surface area (Å²) in [7, 11) is 0. The Morgan fingerprint density at radius 2 is 1.94 bits per heavy atom.